The number of hydrogen-bond donors (Lipinski definition) is 1. The quantitative estimate of drug-likeness (QED) is 0.523. The molecule has 0 fully saturated rings. The lowest BCUT2D eigenvalue weighted by molar-refractivity contribution is -0.115. The van der Waals surface area contributed by atoms with Gasteiger partial charge in [0, 0.05) is 29.7 Å². The van der Waals surface area contributed by atoms with Crippen LogP contribution in [0.2, 0.25) is 0 Å². The lowest BCUT2D eigenvalue weighted by atomic mass is 10.1. The highest BCUT2D eigenvalue weighted by Crippen LogP contribution is 2.23. The van der Waals surface area contributed by atoms with Gasteiger partial charge in [0.2, 0.25) is 11.8 Å². The number of aromatic nitrogens is 5. The number of nitrogens with zero attached hydrogens (tertiary/aromatic N) is 5. The number of aryl methyl sites for hydroxylation is 3. The van der Waals surface area contributed by atoms with E-state index in [9.17, 15) is 4.79 Å². The Balaban J connectivity index is 1.40. The average molecular weight is 404 g/mol. The molecule has 0 radical (unpaired) electrons. The molecule has 3 aromatic heterocycles. The van der Waals surface area contributed by atoms with Gasteiger partial charge in [-0.05, 0) is 45.0 Å². The SMILES string of the molecule is Cc1noc(C)c1CC(=O)Nc1ccc(Oc2cc(-n3ccnc3C)ncn2)cc1. The number of hydrogen-bond acceptors (Lipinski definition) is 7. The van der Waals surface area contributed by atoms with Gasteiger partial charge in [0.1, 0.15) is 29.5 Å². The first-order valence-electron chi connectivity index (χ1n) is 9.31. The van der Waals surface area contributed by atoms with Crippen LogP contribution in [0.5, 0.6) is 11.6 Å². The smallest absolute Gasteiger partial charge is 0.228 e. The average Bonchev–Trinajstić information content (AvgIpc) is 3.30. The first-order valence-corrected chi connectivity index (χ1v) is 9.31. The fourth-order valence-corrected chi connectivity index (χ4v) is 2.98. The van der Waals surface area contributed by atoms with E-state index in [1.165, 1.54) is 6.33 Å². The van der Waals surface area contributed by atoms with Gasteiger partial charge in [0.25, 0.3) is 0 Å². The van der Waals surface area contributed by atoms with Crippen molar-refractivity contribution in [1.29, 1.82) is 0 Å². The predicted molar refractivity (Wildman–Crippen MR) is 109 cm³/mol. The minimum Gasteiger partial charge on any atom is -0.439 e. The molecule has 0 bridgehead atoms. The van der Waals surface area contributed by atoms with Gasteiger partial charge in [-0.15, -0.1) is 0 Å². The third-order valence-electron chi connectivity index (χ3n) is 4.58. The molecule has 9 heteroatoms. The van der Waals surface area contributed by atoms with Crippen molar-refractivity contribution in [3.8, 4) is 17.4 Å². The monoisotopic (exact) mass is 404 g/mol. The Bertz CT molecular complexity index is 1160. The number of carbonyl (C=O) groups is 1. The summed E-state index contributed by atoms with van der Waals surface area (Å²) in [7, 11) is 0. The first kappa shape index (κ1) is 19.3. The van der Waals surface area contributed by atoms with Crippen molar-refractivity contribution in [3.63, 3.8) is 0 Å². The lowest BCUT2D eigenvalue weighted by Crippen LogP contribution is -2.15. The molecule has 0 unspecified atom stereocenters. The van der Waals surface area contributed by atoms with E-state index in [0.717, 1.165) is 17.1 Å². The number of rotatable bonds is 6. The molecular formula is C21H20N6O3. The van der Waals surface area contributed by atoms with Crippen molar-refractivity contribution >= 4 is 11.6 Å². The maximum atomic E-state index is 12.3. The number of imidazole rings is 1. The Hall–Kier alpha value is -4.01. The highest BCUT2D eigenvalue weighted by molar-refractivity contribution is 5.92. The topological polar surface area (TPSA) is 108 Å². The van der Waals surface area contributed by atoms with E-state index >= 15 is 0 Å². The molecule has 4 aromatic rings. The molecule has 0 aliphatic carbocycles. The molecule has 3 heterocycles. The van der Waals surface area contributed by atoms with Crippen LogP contribution in [0.3, 0.4) is 0 Å². The second-order valence-electron chi connectivity index (χ2n) is 6.71. The Morgan fingerprint density at radius 1 is 1.13 bits per heavy atom. The summed E-state index contributed by atoms with van der Waals surface area (Å²) in [5, 5.41) is 6.73. The van der Waals surface area contributed by atoms with Gasteiger partial charge in [-0.1, -0.05) is 5.16 Å². The highest BCUT2D eigenvalue weighted by atomic mass is 16.5. The van der Waals surface area contributed by atoms with E-state index in [4.69, 9.17) is 9.26 Å². The van der Waals surface area contributed by atoms with Crippen LogP contribution < -0.4 is 10.1 Å². The van der Waals surface area contributed by atoms with Crippen LogP contribution in [0.15, 0.2) is 53.6 Å². The van der Waals surface area contributed by atoms with Gasteiger partial charge in [0.15, 0.2) is 0 Å². The van der Waals surface area contributed by atoms with Gasteiger partial charge < -0.3 is 14.6 Å². The van der Waals surface area contributed by atoms with Gasteiger partial charge in [-0.25, -0.2) is 15.0 Å². The minimum atomic E-state index is -0.144. The Labute approximate surface area is 172 Å². The highest BCUT2D eigenvalue weighted by Gasteiger charge is 2.13. The first-order chi connectivity index (χ1) is 14.5. The minimum absolute atomic E-state index is 0.144. The molecular weight excluding hydrogens is 384 g/mol. The maximum absolute atomic E-state index is 12.3. The van der Waals surface area contributed by atoms with E-state index in [-0.39, 0.29) is 12.3 Å². The van der Waals surface area contributed by atoms with Crippen LogP contribution in [0.1, 0.15) is 22.8 Å². The molecule has 0 atom stereocenters. The zero-order chi connectivity index (χ0) is 21.1. The summed E-state index contributed by atoms with van der Waals surface area (Å²) in [5.41, 5.74) is 2.19. The molecule has 1 aromatic carbocycles. The van der Waals surface area contributed by atoms with Crippen molar-refractivity contribution in [2.24, 2.45) is 0 Å². The molecule has 0 saturated carbocycles. The summed E-state index contributed by atoms with van der Waals surface area (Å²) in [6, 6.07) is 8.78. The summed E-state index contributed by atoms with van der Waals surface area (Å²) in [5.74, 6) is 2.99. The van der Waals surface area contributed by atoms with Crippen molar-refractivity contribution < 1.29 is 14.1 Å². The molecule has 0 aliphatic rings. The Kier molecular flexibility index (Phi) is 5.25. The molecule has 4 rings (SSSR count). The molecule has 30 heavy (non-hydrogen) atoms. The third kappa shape index (κ3) is 4.19. The van der Waals surface area contributed by atoms with E-state index in [1.807, 2.05) is 24.6 Å². The molecule has 0 aliphatic heterocycles. The van der Waals surface area contributed by atoms with Gasteiger partial charge in [0.05, 0.1) is 12.1 Å². The number of nitrogens with one attached hydrogen (secondary N) is 1. The van der Waals surface area contributed by atoms with E-state index in [0.29, 0.717) is 28.9 Å². The second kappa shape index (κ2) is 8.16. The largest absolute Gasteiger partial charge is 0.439 e. The van der Waals surface area contributed by atoms with Crippen molar-refractivity contribution in [2.45, 2.75) is 27.2 Å². The summed E-state index contributed by atoms with van der Waals surface area (Å²) in [4.78, 5) is 24.9. The fourth-order valence-electron chi connectivity index (χ4n) is 2.98. The standard InChI is InChI=1S/C21H20N6O3/c1-13-18(14(2)30-26-13)10-20(28)25-16-4-6-17(7-5-16)29-21-11-19(23-12-24-21)27-9-8-22-15(27)3/h4-9,11-12H,10H2,1-3H3,(H,25,28). The van der Waals surface area contributed by atoms with Crippen molar-refractivity contribution in [3.05, 3.63) is 71.9 Å². The number of benzene rings is 1. The lowest BCUT2D eigenvalue weighted by Gasteiger charge is -2.09. The second-order valence-corrected chi connectivity index (χ2v) is 6.71. The summed E-state index contributed by atoms with van der Waals surface area (Å²) >= 11 is 0. The maximum Gasteiger partial charge on any atom is 0.228 e. The Morgan fingerprint density at radius 2 is 1.93 bits per heavy atom. The Morgan fingerprint density at radius 3 is 2.60 bits per heavy atom. The number of amides is 1. The zero-order valence-electron chi connectivity index (χ0n) is 16.8. The summed E-state index contributed by atoms with van der Waals surface area (Å²) in [6.07, 6.45) is 5.17. The number of ether oxygens (including phenoxy) is 1. The number of anilines is 1. The van der Waals surface area contributed by atoms with Crippen molar-refractivity contribution in [2.75, 3.05) is 5.32 Å². The molecule has 9 nitrogen and oxygen atoms in total. The number of carbonyl (C=O) groups excluding carboxylic acids is 1. The fraction of sp³-hybridized carbons (Fsp3) is 0.190. The van der Waals surface area contributed by atoms with Crippen LogP contribution in [0, 0.1) is 20.8 Å². The zero-order valence-corrected chi connectivity index (χ0v) is 16.8. The van der Waals surface area contributed by atoms with Crippen LogP contribution in [0.4, 0.5) is 5.69 Å². The molecule has 1 amide bonds. The summed E-state index contributed by atoms with van der Waals surface area (Å²) < 4.78 is 12.8. The van der Waals surface area contributed by atoms with E-state index in [1.54, 1.807) is 43.5 Å². The predicted octanol–water partition coefficient (Wildman–Crippen LogP) is 3.55. The van der Waals surface area contributed by atoms with Gasteiger partial charge in [-0.2, -0.15) is 0 Å². The molecule has 152 valence electrons. The molecule has 0 saturated heterocycles. The van der Waals surface area contributed by atoms with E-state index in [2.05, 4.69) is 25.4 Å². The van der Waals surface area contributed by atoms with Crippen LogP contribution >= 0.6 is 0 Å². The summed E-state index contributed by atoms with van der Waals surface area (Å²) in [6.45, 7) is 5.50. The van der Waals surface area contributed by atoms with E-state index < -0.39 is 0 Å². The van der Waals surface area contributed by atoms with Crippen LogP contribution in [-0.2, 0) is 11.2 Å². The molecule has 1 N–H and O–H groups in total. The molecule has 0 spiro atoms. The van der Waals surface area contributed by atoms with Gasteiger partial charge >= 0.3 is 0 Å². The third-order valence-corrected chi connectivity index (χ3v) is 4.58. The van der Waals surface area contributed by atoms with Crippen LogP contribution in [-0.4, -0.2) is 30.6 Å². The van der Waals surface area contributed by atoms with Gasteiger partial charge in [-0.3, -0.25) is 9.36 Å². The normalized spacial score (nSPS) is 10.8. The van der Waals surface area contributed by atoms with Crippen LogP contribution in [0.25, 0.3) is 5.82 Å². The van der Waals surface area contributed by atoms with Crippen molar-refractivity contribution in [1.82, 2.24) is 24.7 Å².